The number of carboxylic acid groups (broad SMARTS) is 1. The number of aryl methyl sites for hydroxylation is 4. The molecule has 0 fully saturated rings. The zero-order valence-corrected chi connectivity index (χ0v) is 27.7. The Labute approximate surface area is 276 Å². The smallest absolute Gasteiger partial charge is 0.311 e. The second-order valence-corrected chi connectivity index (χ2v) is 12.9. The summed E-state index contributed by atoms with van der Waals surface area (Å²) in [5.41, 5.74) is 21.1. The van der Waals surface area contributed by atoms with E-state index < -0.39 is 5.97 Å². The number of H-pyrrole nitrogens is 1. The lowest BCUT2D eigenvalue weighted by molar-refractivity contribution is -0.139. The van der Waals surface area contributed by atoms with Gasteiger partial charge in [0.25, 0.3) is 5.91 Å². The van der Waals surface area contributed by atoms with E-state index in [0.29, 0.717) is 11.6 Å². The maximum absolute atomic E-state index is 13.0. The molecule has 12 heteroatoms. The van der Waals surface area contributed by atoms with Gasteiger partial charge in [-0.3, -0.25) is 14.7 Å². The minimum atomic E-state index is -0.688. The molecule has 4 aromatic rings. The second-order valence-electron chi connectivity index (χ2n) is 12.9. The highest BCUT2D eigenvalue weighted by molar-refractivity contribution is 5.88. The molecule has 0 spiro atoms. The molecule has 2 unspecified atom stereocenters. The lowest BCUT2D eigenvalue weighted by Gasteiger charge is -2.22. The van der Waals surface area contributed by atoms with Gasteiger partial charge in [-0.25, -0.2) is 0 Å². The number of fused-ring (bicyclic) bond motifs is 4. The third-order valence-electron chi connectivity index (χ3n) is 10.1. The first-order chi connectivity index (χ1) is 21.7. The molecule has 2 atom stereocenters. The summed E-state index contributed by atoms with van der Waals surface area (Å²) >= 11 is 0. The van der Waals surface area contributed by atoms with E-state index in [1.807, 2.05) is 37.1 Å². The van der Waals surface area contributed by atoms with Gasteiger partial charge in [-0.1, -0.05) is 0 Å². The number of nitrogens with two attached hydrogens (primary N) is 2. The number of anilines is 2. The molecule has 4 aliphatic rings. The number of rotatable bonds is 2. The Morgan fingerprint density at radius 1 is 0.804 bits per heavy atom. The number of aromatic nitrogens is 6. The van der Waals surface area contributed by atoms with Crippen LogP contribution in [0.2, 0.25) is 0 Å². The summed E-state index contributed by atoms with van der Waals surface area (Å²) in [6.07, 6.45) is 18.7. The molecule has 0 radical (unpaired) electrons. The van der Waals surface area contributed by atoms with Gasteiger partial charge in [0.2, 0.25) is 0 Å². The third-order valence-corrected chi connectivity index (χ3v) is 10.1. The molecule has 11 nitrogen and oxygen atoms in total. The van der Waals surface area contributed by atoms with Crippen LogP contribution in [0, 0.1) is 0 Å². The van der Waals surface area contributed by atoms with Gasteiger partial charge in [-0.05, 0) is 113 Å². The minimum Gasteiger partial charge on any atom is -0.481 e. The number of carboxylic acids is 1. The molecule has 6 N–H and O–H groups in total. The van der Waals surface area contributed by atoms with Gasteiger partial charge in [0, 0.05) is 54.7 Å². The lowest BCUT2D eigenvalue weighted by Crippen LogP contribution is -2.26. The molecule has 0 saturated carbocycles. The number of hydrogen-bond acceptors (Lipinski definition) is 6. The summed E-state index contributed by atoms with van der Waals surface area (Å²) in [4.78, 5) is 23.9. The van der Waals surface area contributed by atoms with E-state index in [4.69, 9.17) is 16.6 Å². The van der Waals surface area contributed by atoms with Crippen molar-refractivity contribution in [1.82, 2.24) is 29.1 Å². The van der Waals surface area contributed by atoms with E-state index in [9.17, 15) is 9.59 Å². The van der Waals surface area contributed by atoms with Crippen LogP contribution in [0.15, 0.2) is 24.5 Å². The van der Waals surface area contributed by atoms with E-state index >= 15 is 0 Å². The highest BCUT2D eigenvalue weighted by Gasteiger charge is 2.32. The molecule has 0 bridgehead atoms. The molecule has 0 aliphatic heterocycles. The van der Waals surface area contributed by atoms with E-state index in [1.54, 1.807) is 0 Å². The van der Waals surface area contributed by atoms with Crippen molar-refractivity contribution in [2.75, 3.05) is 11.5 Å². The van der Waals surface area contributed by atoms with E-state index in [0.717, 1.165) is 99.4 Å². The third kappa shape index (κ3) is 6.47. The standard InChI is InChI=1S/C17H22N4O.C10H13NO2.C7H11N3.ClH/c1-20-10-9-11-12(6-4-8-15(11)20)17(22)21-16(18)13-5-2-3-7-14(13)19-21;1-11-6-5-7-8(10(12)13)3-2-4-9(7)11;8-7-5-3-1-2-4-6(5)9-10-7;/h9-10,12H,2-8,18H2,1H3;5-6,8H,2-4H2,1H3,(H,12,13);1-4H2,(H3,8,9,10);1H. The van der Waals surface area contributed by atoms with Crippen LogP contribution in [-0.4, -0.2) is 46.1 Å². The summed E-state index contributed by atoms with van der Waals surface area (Å²) in [6, 6.07) is 4.02. The molecule has 0 amide bonds. The predicted octanol–water partition coefficient (Wildman–Crippen LogP) is 5.27. The second kappa shape index (κ2) is 14.2. The van der Waals surface area contributed by atoms with E-state index in [-0.39, 0.29) is 30.2 Å². The summed E-state index contributed by atoms with van der Waals surface area (Å²) in [7, 11) is 4.02. The number of nitrogen functional groups attached to an aromatic ring is 2. The molecule has 4 aromatic heterocycles. The lowest BCUT2D eigenvalue weighted by atomic mass is 9.86. The van der Waals surface area contributed by atoms with Crippen molar-refractivity contribution in [3.8, 4) is 0 Å². The van der Waals surface area contributed by atoms with Gasteiger partial charge < -0.3 is 25.7 Å². The first-order valence-electron chi connectivity index (χ1n) is 16.5. The molecule has 4 aliphatic carbocycles. The monoisotopic (exact) mass is 650 g/mol. The molecular weight excluding hydrogens is 604 g/mol. The Hall–Kier alpha value is -3.99. The van der Waals surface area contributed by atoms with Gasteiger partial charge >= 0.3 is 5.97 Å². The molecule has 0 aromatic carbocycles. The summed E-state index contributed by atoms with van der Waals surface area (Å²) < 4.78 is 5.65. The Morgan fingerprint density at radius 3 is 1.98 bits per heavy atom. The Balaban J connectivity index is 0.000000148. The molecule has 8 rings (SSSR count). The van der Waals surface area contributed by atoms with Gasteiger partial charge in [0.1, 0.15) is 11.6 Å². The van der Waals surface area contributed by atoms with Crippen LogP contribution in [0.1, 0.15) is 113 Å². The first-order valence-corrected chi connectivity index (χ1v) is 16.5. The number of carbonyl (C=O) groups excluding carboxylic acids is 1. The number of nitrogens with zero attached hydrogens (tertiary/aromatic N) is 5. The number of aromatic amines is 1. The number of carbonyl (C=O) groups is 2. The maximum Gasteiger partial charge on any atom is 0.311 e. The summed E-state index contributed by atoms with van der Waals surface area (Å²) in [5.74, 6) is 0.252. The van der Waals surface area contributed by atoms with Crippen molar-refractivity contribution in [2.45, 2.75) is 102 Å². The molecule has 248 valence electrons. The van der Waals surface area contributed by atoms with Gasteiger partial charge in [-0.2, -0.15) is 14.9 Å². The first kappa shape index (κ1) is 33.4. The predicted molar refractivity (Wildman–Crippen MR) is 181 cm³/mol. The van der Waals surface area contributed by atoms with Crippen LogP contribution in [0.4, 0.5) is 11.6 Å². The number of hydrogen-bond donors (Lipinski definition) is 4. The Bertz CT molecular complexity index is 1700. The fraction of sp³-hybridized carbons (Fsp3) is 0.529. The van der Waals surface area contributed by atoms with Crippen LogP contribution in [-0.2, 0) is 57.4 Å². The summed E-state index contributed by atoms with van der Waals surface area (Å²) in [6.45, 7) is 0. The topological polar surface area (TPSA) is 163 Å². The maximum atomic E-state index is 13.0. The minimum absolute atomic E-state index is 0. The van der Waals surface area contributed by atoms with Crippen LogP contribution in [0.5, 0.6) is 0 Å². The Kier molecular flexibility index (Phi) is 10.3. The molecule has 46 heavy (non-hydrogen) atoms. The van der Waals surface area contributed by atoms with Crippen molar-refractivity contribution in [1.29, 1.82) is 0 Å². The fourth-order valence-electron chi connectivity index (χ4n) is 7.61. The van der Waals surface area contributed by atoms with E-state index in [2.05, 4.69) is 25.9 Å². The zero-order chi connectivity index (χ0) is 31.7. The van der Waals surface area contributed by atoms with Crippen LogP contribution in [0.3, 0.4) is 0 Å². The van der Waals surface area contributed by atoms with Crippen LogP contribution >= 0.6 is 12.4 Å². The zero-order valence-electron chi connectivity index (χ0n) is 26.9. The average Bonchev–Trinajstić information content (AvgIpc) is 3.83. The summed E-state index contributed by atoms with van der Waals surface area (Å²) in [5, 5.41) is 20.4. The largest absolute Gasteiger partial charge is 0.481 e. The highest BCUT2D eigenvalue weighted by Crippen LogP contribution is 2.35. The van der Waals surface area contributed by atoms with Crippen molar-refractivity contribution in [3.63, 3.8) is 0 Å². The van der Waals surface area contributed by atoms with Crippen molar-refractivity contribution in [2.24, 2.45) is 14.1 Å². The Morgan fingerprint density at radius 2 is 1.37 bits per heavy atom. The number of aliphatic carboxylic acids is 1. The number of nitrogens with one attached hydrogen (secondary N) is 1. The van der Waals surface area contributed by atoms with E-state index in [1.165, 1.54) is 40.2 Å². The highest BCUT2D eigenvalue weighted by atomic mass is 35.5. The number of halogens is 1. The van der Waals surface area contributed by atoms with Crippen molar-refractivity contribution < 1.29 is 14.7 Å². The van der Waals surface area contributed by atoms with Gasteiger partial charge in [0.15, 0.2) is 0 Å². The molecular formula is C34H47ClN8O3. The SMILES string of the molecule is Cl.Cn1ccc2c1CCCC2C(=O)O.Cn1ccc2c1CCCC2C(=O)n1nc2c(c1N)CCCC2.Nc1n[nH]c2c1CCCC2. The molecule has 4 heterocycles. The van der Waals surface area contributed by atoms with Gasteiger partial charge in [0.05, 0.1) is 17.5 Å². The van der Waals surface area contributed by atoms with Crippen molar-refractivity contribution >= 4 is 35.9 Å². The van der Waals surface area contributed by atoms with Gasteiger partial charge in [-0.15, -0.1) is 12.4 Å². The normalized spacial score (nSPS) is 19.4. The molecule has 0 saturated heterocycles. The fourth-order valence-corrected chi connectivity index (χ4v) is 7.61. The van der Waals surface area contributed by atoms with Crippen molar-refractivity contribution in [3.05, 3.63) is 69.6 Å². The quantitative estimate of drug-likeness (QED) is 0.230. The van der Waals surface area contributed by atoms with Crippen LogP contribution < -0.4 is 11.5 Å². The average molecular weight is 651 g/mol. The van der Waals surface area contributed by atoms with Crippen LogP contribution in [0.25, 0.3) is 0 Å².